The molecule has 0 aliphatic heterocycles. The van der Waals surface area contributed by atoms with Gasteiger partial charge in [-0.15, -0.1) is 0 Å². The third kappa shape index (κ3) is 4.72. The van der Waals surface area contributed by atoms with E-state index in [0.717, 1.165) is 29.7 Å². The molecule has 2 aromatic rings. The number of hydrogen-bond acceptors (Lipinski definition) is 3. The molecule has 0 amide bonds. The molecule has 0 spiro atoms. The largest absolute Gasteiger partial charge is 0.312 e. The Morgan fingerprint density at radius 3 is 2.70 bits per heavy atom. The Hall–Kier alpha value is -1.20. The lowest BCUT2D eigenvalue weighted by atomic mass is 10.1. The Kier molecular flexibility index (Phi) is 4.94. The van der Waals surface area contributed by atoms with Crippen LogP contribution < -0.4 is 5.32 Å². The lowest BCUT2D eigenvalue weighted by Crippen LogP contribution is -2.36. The summed E-state index contributed by atoms with van der Waals surface area (Å²) in [5.74, 6) is 0.840. The van der Waals surface area contributed by atoms with Crippen LogP contribution in [0.3, 0.4) is 0 Å². The van der Waals surface area contributed by atoms with Gasteiger partial charge in [0, 0.05) is 22.4 Å². The monoisotopic (exact) mass is 336 g/mol. The van der Waals surface area contributed by atoms with Gasteiger partial charge >= 0.3 is 0 Å². The first-order valence-corrected chi connectivity index (χ1v) is 7.64. The van der Waals surface area contributed by atoms with E-state index in [2.05, 4.69) is 52.1 Å². The van der Waals surface area contributed by atoms with E-state index in [1.165, 1.54) is 5.56 Å². The molecule has 0 saturated carbocycles. The van der Waals surface area contributed by atoms with Gasteiger partial charge in [0.05, 0.1) is 6.20 Å². The summed E-state index contributed by atoms with van der Waals surface area (Å²) in [6.45, 7) is 7.57. The van der Waals surface area contributed by atoms with Crippen molar-refractivity contribution in [2.24, 2.45) is 0 Å². The molecule has 0 saturated heterocycles. The van der Waals surface area contributed by atoms with Crippen molar-refractivity contribution >= 4 is 15.9 Å². The van der Waals surface area contributed by atoms with Crippen LogP contribution in [0, 0.1) is 0 Å². The van der Waals surface area contributed by atoms with E-state index >= 15 is 0 Å². The molecule has 0 aliphatic rings. The summed E-state index contributed by atoms with van der Waals surface area (Å²) >= 11 is 3.38. The highest BCUT2D eigenvalue weighted by atomic mass is 79.9. The standard InChI is InChI=1S/C15H21BrN4/c1-15(2,3)18-8-4-5-12-9-19-20(11-12)14-7-6-13(16)10-17-14/h6-7,9-11,18H,4-5,8H2,1-3H3. The lowest BCUT2D eigenvalue weighted by Gasteiger charge is -2.20. The average molecular weight is 337 g/mol. The first kappa shape index (κ1) is 15.2. The predicted octanol–water partition coefficient (Wildman–Crippen LogP) is 3.35. The van der Waals surface area contributed by atoms with Gasteiger partial charge in [-0.1, -0.05) is 0 Å². The Labute approximate surface area is 128 Å². The minimum Gasteiger partial charge on any atom is -0.312 e. The van der Waals surface area contributed by atoms with Crippen LogP contribution >= 0.6 is 15.9 Å². The maximum Gasteiger partial charge on any atom is 0.153 e. The van der Waals surface area contributed by atoms with Crippen molar-refractivity contribution in [2.45, 2.75) is 39.2 Å². The van der Waals surface area contributed by atoms with E-state index in [-0.39, 0.29) is 5.54 Å². The summed E-state index contributed by atoms with van der Waals surface area (Å²) in [6.07, 6.45) is 7.88. The molecule has 0 aliphatic carbocycles. The fourth-order valence-electron chi connectivity index (χ4n) is 1.87. The van der Waals surface area contributed by atoms with Crippen molar-refractivity contribution in [1.29, 1.82) is 0 Å². The molecule has 5 heteroatoms. The molecule has 2 rings (SSSR count). The van der Waals surface area contributed by atoms with Crippen molar-refractivity contribution in [1.82, 2.24) is 20.1 Å². The second kappa shape index (κ2) is 6.50. The first-order chi connectivity index (χ1) is 9.44. The quantitative estimate of drug-likeness (QED) is 0.851. The molecule has 4 nitrogen and oxygen atoms in total. The zero-order valence-electron chi connectivity index (χ0n) is 12.2. The predicted molar refractivity (Wildman–Crippen MR) is 85.1 cm³/mol. The third-order valence-corrected chi connectivity index (χ3v) is 3.35. The molecule has 0 radical (unpaired) electrons. The molecule has 2 heterocycles. The maximum atomic E-state index is 4.36. The molecule has 108 valence electrons. The van der Waals surface area contributed by atoms with Crippen LogP contribution in [0.1, 0.15) is 32.8 Å². The smallest absolute Gasteiger partial charge is 0.153 e. The second-order valence-electron chi connectivity index (χ2n) is 5.91. The van der Waals surface area contributed by atoms with Gasteiger partial charge in [0.2, 0.25) is 0 Å². The molecular weight excluding hydrogens is 316 g/mol. The van der Waals surface area contributed by atoms with Crippen LogP contribution in [0.5, 0.6) is 0 Å². The Morgan fingerprint density at radius 2 is 2.05 bits per heavy atom. The van der Waals surface area contributed by atoms with E-state index in [4.69, 9.17) is 0 Å². The molecule has 0 aromatic carbocycles. The van der Waals surface area contributed by atoms with E-state index in [0.29, 0.717) is 0 Å². The van der Waals surface area contributed by atoms with Crippen molar-refractivity contribution < 1.29 is 0 Å². The number of aryl methyl sites for hydroxylation is 1. The van der Waals surface area contributed by atoms with Crippen molar-refractivity contribution in [3.05, 3.63) is 40.8 Å². The number of hydrogen-bond donors (Lipinski definition) is 1. The minimum absolute atomic E-state index is 0.186. The van der Waals surface area contributed by atoms with Crippen LogP contribution in [-0.2, 0) is 6.42 Å². The van der Waals surface area contributed by atoms with E-state index in [1.54, 1.807) is 6.20 Å². The first-order valence-electron chi connectivity index (χ1n) is 6.84. The summed E-state index contributed by atoms with van der Waals surface area (Å²) in [6, 6.07) is 3.92. The fraction of sp³-hybridized carbons (Fsp3) is 0.467. The van der Waals surface area contributed by atoms with E-state index < -0.39 is 0 Å². The van der Waals surface area contributed by atoms with Crippen LogP contribution in [0.4, 0.5) is 0 Å². The average Bonchev–Trinajstić information content (AvgIpc) is 2.83. The van der Waals surface area contributed by atoms with Crippen LogP contribution in [0.15, 0.2) is 35.2 Å². The van der Waals surface area contributed by atoms with Gasteiger partial charge in [-0.25, -0.2) is 9.67 Å². The van der Waals surface area contributed by atoms with Gasteiger partial charge in [0.25, 0.3) is 0 Å². The normalized spacial score (nSPS) is 11.8. The number of halogens is 1. The molecular formula is C15H21BrN4. The molecule has 0 bridgehead atoms. The van der Waals surface area contributed by atoms with Crippen molar-refractivity contribution in [3.63, 3.8) is 0 Å². The SMILES string of the molecule is CC(C)(C)NCCCc1cnn(-c2ccc(Br)cn2)c1. The number of nitrogens with one attached hydrogen (secondary N) is 1. The molecule has 20 heavy (non-hydrogen) atoms. The topological polar surface area (TPSA) is 42.7 Å². The molecule has 0 atom stereocenters. The van der Waals surface area contributed by atoms with Crippen LogP contribution in [0.25, 0.3) is 5.82 Å². The van der Waals surface area contributed by atoms with E-state index in [9.17, 15) is 0 Å². The van der Waals surface area contributed by atoms with Crippen molar-refractivity contribution in [3.8, 4) is 5.82 Å². The molecule has 2 aromatic heterocycles. The summed E-state index contributed by atoms with van der Waals surface area (Å²) in [4.78, 5) is 4.33. The zero-order chi connectivity index (χ0) is 14.6. The summed E-state index contributed by atoms with van der Waals surface area (Å²) in [5.41, 5.74) is 1.43. The zero-order valence-corrected chi connectivity index (χ0v) is 13.8. The van der Waals surface area contributed by atoms with Gasteiger partial charge in [-0.3, -0.25) is 0 Å². The lowest BCUT2D eigenvalue weighted by molar-refractivity contribution is 0.422. The van der Waals surface area contributed by atoms with Gasteiger partial charge < -0.3 is 5.32 Å². The Morgan fingerprint density at radius 1 is 1.25 bits per heavy atom. The third-order valence-electron chi connectivity index (χ3n) is 2.88. The van der Waals surface area contributed by atoms with Crippen LogP contribution in [0.2, 0.25) is 0 Å². The number of pyridine rings is 1. The number of nitrogens with zero attached hydrogens (tertiary/aromatic N) is 3. The highest BCUT2D eigenvalue weighted by Gasteiger charge is 2.08. The second-order valence-corrected chi connectivity index (χ2v) is 6.82. The molecule has 0 fully saturated rings. The minimum atomic E-state index is 0.186. The molecule has 1 N–H and O–H groups in total. The highest BCUT2D eigenvalue weighted by molar-refractivity contribution is 9.10. The highest BCUT2D eigenvalue weighted by Crippen LogP contribution is 2.11. The number of rotatable bonds is 5. The van der Waals surface area contributed by atoms with Gasteiger partial charge in [0.15, 0.2) is 5.82 Å². The maximum absolute atomic E-state index is 4.36. The van der Waals surface area contributed by atoms with Crippen molar-refractivity contribution in [2.75, 3.05) is 6.54 Å². The number of aromatic nitrogens is 3. The van der Waals surface area contributed by atoms with Gasteiger partial charge in [0.1, 0.15) is 0 Å². The summed E-state index contributed by atoms with van der Waals surface area (Å²) < 4.78 is 2.79. The van der Waals surface area contributed by atoms with Gasteiger partial charge in [-0.2, -0.15) is 5.10 Å². The Balaban J connectivity index is 1.88. The fourth-order valence-corrected chi connectivity index (χ4v) is 2.11. The summed E-state index contributed by atoms with van der Waals surface area (Å²) in [7, 11) is 0. The molecule has 0 unspecified atom stereocenters. The Bertz CT molecular complexity index is 540. The van der Waals surface area contributed by atoms with Gasteiger partial charge in [-0.05, 0) is 73.8 Å². The van der Waals surface area contributed by atoms with E-state index in [1.807, 2.05) is 29.2 Å². The van der Waals surface area contributed by atoms with Crippen LogP contribution in [-0.4, -0.2) is 26.8 Å². The summed E-state index contributed by atoms with van der Waals surface area (Å²) in [5, 5.41) is 7.85.